The van der Waals surface area contributed by atoms with Crippen LogP contribution in [0.2, 0.25) is 0 Å². The second-order valence-electron chi connectivity index (χ2n) is 5.59. The molecule has 0 aromatic heterocycles. The minimum Gasteiger partial charge on any atom is -0.378 e. The van der Waals surface area contributed by atoms with Crippen molar-refractivity contribution < 1.29 is 9.47 Å². The molecule has 18 heavy (non-hydrogen) atoms. The predicted molar refractivity (Wildman–Crippen MR) is 72.9 cm³/mol. The third-order valence-corrected chi connectivity index (χ3v) is 4.20. The number of piperidine rings is 1. The van der Waals surface area contributed by atoms with Gasteiger partial charge in [0, 0.05) is 25.8 Å². The minimum absolute atomic E-state index is 0.389. The zero-order valence-electron chi connectivity index (χ0n) is 11.9. The summed E-state index contributed by atoms with van der Waals surface area (Å²) in [4.78, 5) is 2.43. The van der Waals surface area contributed by atoms with Gasteiger partial charge in [-0.05, 0) is 52.7 Å². The van der Waals surface area contributed by atoms with Crippen LogP contribution in [0.15, 0.2) is 0 Å². The highest BCUT2D eigenvalue weighted by Gasteiger charge is 2.27. The summed E-state index contributed by atoms with van der Waals surface area (Å²) in [5.41, 5.74) is 0. The van der Waals surface area contributed by atoms with E-state index in [1.54, 1.807) is 0 Å². The molecule has 2 fully saturated rings. The average molecular weight is 256 g/mol. The summed E-state index contributed by atoms with van der Waals surface area (Å²) in [5, 5.41) is 3.36. The molecule has 0 spiro atoms. The SMILES string of the molecule is CC1OCCC1N(C)CCCOC1CCNCC1. The molecule has 2 heterocycles. The number of rotatable bonds is 6. The van der Waals surface area contributed by atoms with E-state index in [-0.39, 0.29) is 0 Å². The molecule has 2 saturated heterocycles. The number of nitrogens with one attached hydrogen (secondary N) is 1. The van der Waals surface area contributed by atoms with Gasteiger partial charge in [-0.15, -0.1) is 0 Å². The van der Waals surface area contributed by atoms with E-state index < -0.39 is 0 Å². The van der Waals surface area contributed by atoms with Crippen LogP contribution in [-0.2, 0) is 9.47 Å². The quantitative estimate of drug-likeness (QED) is 0.725. The highest BCUT2D eigenvalue weighted by atomic mass is 16.5. The molecule has 1 N–H and O–H groups in total. The highest BCUT2D eigenvalue weighted by Crippen LogP contribution is 2.18. The molecule has 4 nitrogen and oxygen atoms in total. The maximum atomic E-state index is 5.92. The second-order valence-corrected chi connectivity index (χ2v) is 5.59. The molecule has 2 aliphatic heterocycles. The number of hydrogen-bond acceptors (Lipinski definition) is 4. The Bertz CT molecular complexity index is 232. The van der Waals surface area contributed by atoms with Crippen LogP contribution in [0.5, 0.6) is 0 Å². The summed E-state index contributed by atoms with van der Waals surface area (Å²) < 4.78 is 11.5. The lowest BCUT2D eigenvalue weighted by Gasteiger charge is -2.27. The molecule has 0 bridgehead atoms. The van der Waals surface area contributed by atoms with E-state index >= 15 is 0 Å². The number of ether oxygens (including phenoxy) is 2. The smallest absolute Gasteiger partial charge is 0.0702 e. The van der Waals surface area contributed by atoms with Crippen molar-refractivity contribution in [1.82, 2.24) is 10.2 Å². The lowest BCUT2D eigenvalue weighted by atomic mass is 10.1. The van der Waals surface area contributed by atoms with E-state index in [1.165, 1.54) is 19.3 Å². The molecule has 106 valence electrons. The number of nitrogens with zero attached hydrogens (tertiary/aromatic N) is 1. The Morgan fingerprint density at radius 1 is 1.28 bits per heavy atom. The maximum absolute atomic E-state index is 5.92. The molecule has 0 saturated carbocycles. The van der Waals surface area contributed by atoms with Crippen molar-refractivity contribution in [3.8, 4) is 0 Å². The van der Waals surface area contributed by atoms with Crippen molar-refractivity contribution in [3.63, 3.8) is 0 Å². The van der Waals surface area contributed by atoms with E-state index in [2.05, 4.69) is 24.2 Å². The first-order chi connectivity index (χ1) is 8.77. The molecule has 2 unspecified atom stereocenters. The fourth-order valence-corrected chi connectivity index (χ4v) is 2.99. The molecule has 2 atom stereocenters. The number of hydrogen-bond donors (Lipinski definition) is 1. The molecule has 2 aliphatic rings. The first-order valence-electron chi connectivity index (χ1n) is 7.41. The molecule has 0 radical (unpaired) electrons. The molecule has 0 aromatic rings. The van der Waals surface area contributed by atoms with E-state index in [0.717, 1.165) is 39.3 Å². The molecule has 0 amide bonds. The van der Waals surface area contributed by atoms with Crippen molar-refractivity contribution in [2.24, 2.45) is 0 Å². The van der Waals surface area contributed by atoms with Crippen LogP contribution in [0, 0.1) is 0 Å². The lowest BCUT2D eigenvalue weighted by Crippen LogP contribution is -2.38. The van der Waals surface area contributed by atoms with Gasteiger partial charge in [0.1, 0.15) is 0 Å². The van der Waals surface area contributed by atoms with Gasteiger partial charge in [0.15, 0.2) is 0 Å². The Kier molecular flexibility index (Phi) is 5.89. The Morgan fingerprint density at radius 2 is 2.06 bits per heavy atom. The van der Waals surface area contributed by atoms with Gasteiger partial charge >= 0.3 is 0 Å². The van der Waals surface area contributed by atoms with Crippen molar-refractivity contribution in [3.05, 3.63) is 0 Å². The fourth-order valence-electron chi connectivity index (χ4n) is 2.99. The van der Waals surface area contributed by atoms with E-state index in [9.17, 15) is 0 Å². The van der Waals surface area contributed by atoms with Crippen molar-refractivity contribution in [2.75, 3.05) is 39.9 Å². The Labute approximate surface area is 111 Å². The van der Waals surface area contributed by atoms with Crippen LogP contribution in [0.3, 0.4) is 0 Å². The summed E-state index contributed by atoms with van der Waals surface area (Å²) >= 11 is 0. The lowest BCUT2D eigenvalue weighted by molar-refractivity contribution is 0.0245. The van der Waals surface area contributed by atoms with Gasteiger partial charge in [0.2, 0.25) is 0 Å². The molecular weight excluding hydrogens is 228 g/mol. The summed E-state index contributed by atoms with van der Waals surface area (Å²) in [6.07, 6.45) is 5.52. The monoisotopic (exact) mass is 256 g/mol. The van der Waals surface area contributed by atoms with E-state index in [0.29, 0.717) is 18.2 Å². The predicted octanol–water partition coefficient (Wildman–Crippen LogP) is 1.25. The number of likely N-dealkylation sites (N-methyl/N-ethyl adjacent to an activating group) is 1. The van der Waals surface area contributed by atoms with E-state index in [1.807, 2.05) is 0 Å². The molecule has 4 heteroatoms. The van der Waals surface area contributed by atoms with Crippen molar-refractivity contribution >= 4 is 0 Å². The molecule has 0 aromatic carbocycles. The normalized spacial score (nSPS) is 30.2. The fraction of sp³-hybridized carbons (Fsp3) is 1.00. The van der Waals surface area contributed by atoms with Gasteiger partial charge in [0.05, 0.1) is 12.2 Å². The van der Waals surface area contributed by atoms with E-state index in [4.69, 9.17) is 9.47 Å². The van der Waals surface area contributed by atoms with Crippen LogP contribution in [0.4, 0.5) is 0 Å². The Morgan fingerprint density at radius 3 is 2.72 bits per heavy atom. The van der Waals surface area contributed by atoms with Crippen LogP contribution >= 0.6 is 0 Å². The average Bonchev–Trinajstić information content (AvgIpc) is 2.82. The van der Waals surface area contributed by atoms with Crippen LogP contribution < -0.4 is 5.32 Å². The van der Waals surface area contributed by atoms with Gasteiger partial charge in [-0.25, -0.2) is 0 Å². The van der Waals surface area contributed by atoms with Crippen LogP contribution in [0.25, 0.3) is 0 Å². The standard InChI is InChI=1S/C14H28N2O2/c1-12-14(6-11-17-12)16(2)9-3-10-18-13-4-7-15-8-5-13/h12-15H,3-11H2,1-2H3. The van der Waals surface area contributed by atoms with Gasteiger partial charge in [-0.1, -0.05) is 0 Å². The van der Waals surface area contributed by atoms with Crippen molar-refractivity contribution in [2.45, 2.75) is 50.9 Å². The minimum atomic E-state index is 0.389. The largest absolute Gasteiger partial charge is 0.378 e. The zero-order chi connectivity index (χ0) is 12.8. The molecular formula is C14H28N2O2. The van der Waals surface area contributed by atoms with Gasteiger partial charge in [-0.3, -0.25) is 0 Å². The zero-order valence-corrected chi connectivity index (χ0v) is 11.9. The topological polar surface area (TPSA) is 33.7 Å². The first kappa shape index (κ1) is 14.3. The Balaban J connectivity index is 1.54. The second kappa shape index (κ2) is 7.43. The molecule has 0 aliphatic carbocycles. The maximum Gasteiger partial charge on any atom is 0.0702 e. The first-order valence-corrected chi connectivity index (χ1v) is 7.41. The third kappa shape index (κ3) is 4.19. The van der Waals surface area contributed by atoms with Gasteiger partial charge in [0.25, 0.3) is 0 Å². The van der Waals surface area contributed by atoms with Gasteiger partial charge < -0.3 is 19.7 Å². The van der Waals surface area contributed by atoms with Crippen molar-refractivity contribution in [1.29, 1.82) is 0 Å². The summed E-state index contributed by atoms with van der Waals surface area (Å²) in [5.74, 6) is 0. The third-order valence-electron chi connectivity index (χ3n) is 4.20. The van der Waals surface area contributed by atoms with Gasteiger partial charge in [-0.2, -0.15) is 0 Å². The summed E-state index contributed by atoms with van der Waals surface area (Å²) in [7, 11) is 2.21. The van der Waals surface area contributed by atoms with Crippen LogP contribution in [0.1, 0.15) is 32.6 Å². The van der Waals surface area contributed by atoms with Crippen LogP contribution in [-0.4, -0.2) is 63.0 Å². The summed E-state index contributed by atoms with van der Waals surface area (Å²) in [6.45, 7) is 7.34. The Hall–Kier alpha value is -0.160. The summed E-state index contributed by atoms with van der Waals surface area (Å²) in [6, 6.07) is 0.601. The molecule has 2 rings (SSSR count). The highest BCUT2D eigenvalue weighted by molar-refractivity contribution is 4.80.